The minimum atomic E-state index is -2.60. The van der Waals surface area contributed by atoms with Gasteiger partial charge in [-0.2, -0.15) is 0 Å². The number of rotatable bonds is 5. The van der Waals surface area contributed by atoms with Gasteiger partial charge in [-0.25, -0.2) is 28.5 Å². The molecule has 0 spiro atoms. The molecule has 0 bridgehead atoms. The first-order chi connectivity index (χ1) is 12.4. The summed E-state index contributed by atoms with van der Waals surface area (Å²) in [6.07, 6.45) is 0.318. The van der Waals surface area contributed by atoms with Crippen LogP contribution in [0.2, 0.25) is 0 Å². The Balaban J connectivity index is 1.86. The van der Waals surface area contributed by atoms with E-state index in [1.165, 1.54) is 17.4 Å². The van der Waals surface area contributed by atoms with Crippen molar-refractivity contribution in [3.63, 3.8) is 0 Å². The number of nitrogens with zero attached hydrogens (tertiary/aromatic N) is 3. The molecule has 1 fully saturated rings. The van der Waals surface area contributed by atoms with E-state index in [1.807, 2.05) is 12.3 Å². The normalized spacial score (nSPS) is 17.1. The highest BCUT2D eigenvalue weighted by Crippen LogP contribution is 2.34. The van der Waals surface area contributed by atoms with Gasteiger partial charge in [0.25, 0.3) is 0 Å². The molecule has 3 rings (SSSR count). The summed E-state index contributed by atoms with van der Waals surface area (Å²) in [5.74, 6) is -2.92. The number of hydrogen-bond acceptors (Lipinski definition) is 7. The number of alkyl halides is 2. The van der Waals surface area contributed by atoms with Crippen LogP contribution in [0, 0.1) is 6.92 Å². The van der Waals surface area contributed by atoms with Gasteiger partial charge in [0.15, 0.2) is 5.69 Å². The summed E-state index contributed by atoms with van der Waals surface area (Å²) in [6, 6.07) is 1.38. The van der Waals surface area contributed by atoms with Crippen molar-refractivity contribution in [1.29, 1.82) is 0 Å². The summed E-state index contributed by atoms with van der Waals surface area (Å²) in [5, 5.41) is 5.63. The number of nitrogens with one attached hydrogen (secondary N) is 1. The van der Waals surface area contributed by atoms with Gasteiger partial charge in [-0.05, 0) is 26.7 Å². The zero-order valence-electron chi connectivity index (χ0n) is 14.6. The quantitative estimate of drug-likeness (QED) is 0.786. The molecule has 6 nitrogen and oxygen atoms in total. The molecule has 26 heavy (non-hydrogen) atoms. The van der Waals surface area contributed by atoms with Gasteiger partial charge in [0, 0.05) is 36.0 Å². The third-order valence-electron chi connectivity index (χ3n) is 4.10. The number of carbonyl (C=O) groups is 1. The van der Waals surface area contributed by atoms with Crippen molar-refractivity contribution in [2.45, 2.75) is 51.5 Å². The molecule has 0 atom stereocenters. The summed E-state index contributed by atoms with van der Waals surface area (Å²) in [6.45, 7) is 3.81. The monoisotopic (exact) mass is 382 g/mol. The molecule has 2 aromatic rings. The number of ether oxygens (including phenoxy) is 1. The molecule has 140 valence electrons. The second-order valence-corrected chi connectivity index (χ2v) is 7.11. The van der Waals surface area contributed by atoms with Crippen LogP contribution in [0.15, 0.2) is 11.4 Å². The van der Waals surface area contributed by atoms with E-state index in [1.54, 1.807) is 6.92 Å². The number of aromatic nitrogens is 3. The van der Waals surface area contributed by atoms with Gasteiger partial charge in [0.05, 0.1) is 6.61 Å². The number of hydrogen-bond donors (Lipinski definition) is 1. The highest BCUT2D eigenvalue weighted by Gasteiger charge is 2.35. The molecule has 1 N–H and O–H groups in total. The number of aryl methyl sites for hydroxylation is 1. The fourth-order valence-electron chi connectivity index (χ4n) is 2.77. The second kappa shape index (κ2) is 7.61. The summed E-state index contributed by atoms with van der Waals surface area (Å²) in [5.41, 5.74) is 1.48. The maximum absolute atomic E-state index is 13.3. The Morgan fingerprint density at radius 2 is 2.08 bits per heavy atom. The van der Waals surface area contributed by atoms with Crippen LogP contribution in [0.5, 0.6) is 0 Å². The third-order valence-corrected chi connectivity index (χ3v) is 5.08. The van der Waals surface area contributed by atoms with Crippen molar-refractivity contribution in [3.8, 4) is 10.7 Å². The fraction of sp³-hybridized carbons (Fsp3) is 0.529. The van der Waals surface area contributed by atoms with Crippen LogP contribution in [0.1, 0.15) is 48.8 Å². The molecule has 2 aromatic heterocycles. The van der Waals surface area contributed by atoms with Gasteiger partial charge in [0.1, 0.15) is 10.7 Å². The van der Waals surface area contributed by atoms with Crippen LogP contribution in [0.25, 0.3) is 10.7 Å². The van der Waals surface area contributed by atoms with Gasteiger partial charge in [-0.15, -0.1) is 11.3 Å². The molecule has 2 heterocycles. The lowest BCUT2D eigenvalue weighted by Gasteiger charge is -2.28. The van der Waals surface area contributed by atoms with Crippen molar-refractivity contribution in [3.05, 3.63) is 22.8 Å². The molecular formula is C17H20F2N4O2S. The molecule has 1 aliphatic rings. The molecule has 0 aromatic carbocycles. The van der Waals surface area contributed by atoms with Crippen LogP contribution < -0.4 is 5.32 Å². The lowest BCUT2D eigenvalue weighted by molar-refractivity contribution is -0.0361. The van der Waals surface area contributed by atoms with E-state index < -0.39 is 11.9 Å². The van der Waals surface area contributed by atoms with E-state index in [0.29, 0.717) is 23.5 Å². The van der Waals surface area contributed by atoms with Crippen LogP contribution in [-0.4, -0.2) is 39.5 Å². The smallest absolute Gasteiger partial charge is 0.357 e. The summed E-state index contributed by atoms with van der Waals surface area (Å²) in [7, 11) is 0. The van der Waals surface area contributed by atoms with Gasteiger partial charge < -0.3 is 10.1 Å². The van der Waals surface area contributed by atoms with Crippen LogP contribution in [0.3, 0.4) is 0 Å². The maximum Gasteiger partial charge on any atom is 0.357 e. The van der Waals surface area contributed by atoms with E-state index in [-0.39, 0.29) is 37.1 Å². The molecule has 1 saturated carbocycles. The SMILES string of the molecule is CCOC(=O)c1cc(-c2nc(C)cs2)nc(NC2CCC(F)(F)CC2)n1. The molecule has 0 aliphatic heterocycles. The Kier molecular flexibility index (Phi) is 5.45. The van der Waals surface area contributed by atoms with Crippen LogP contribution >= 0.6 is 11.3 Å². The van der Waals surface area contributed by atoms with E-state index >= 15 is 0 Å². The average Bonchev–Trinajstić information content (AvgIpc) is 3.03. The lowest BCUT2D eigenvalue weighted by atomic mass is 9.92. The number of thiazole rings is 1. The van der Waals surface area contributed by atoms with Gasteiger partial charge in [-0.3, -0.25) is 0 Å². The topological polar surface area (TPSA) is 77.0 Å². The number of esters is 1. The van der Waals surface area contributed by atoms with Gasteiger partial charge in [-0.1, -0.05) is 0 Å². The van der Waals surface area contributed by atoms with Crippen molar-refractivity contribution >= 4 is 23.3 Å². The highest BCUT2D eigenvalue weighted by molar-refractivity contribution is 7.13. The zero-order valence-corrected chi connectivity index (χ0v) is 15.4. The van der Waals surface area contributed by atoms with Crippen molar-refractivity contribution < 1.29 is 18.3 Å². The third kappa shape index (κ3) is 4.51. The summed E-state index contributed by atoms with van der Waals surface area (Å²) >= 11 is 1.41. The molecule has 0 unspecified atom stereocenters. The van der Waals surface area contributed by atoms with Crippen LogP contribution in [0.4, 0.5) is 14.7 Å². The number of halogens is 2. The Morgan fingerprint density at radius 3 is 2.69 bits per heavy atom. The Hall–Kier alpha value is -2.16. The lowest BCUT2D eigenvalue weighted by Crippen LogP contribution is -2.32. The predicted octanol–water partition coefficient (Wildman–Crippen LogP) is 4.08. The van der Waals surface area contributed by atoms with Crippen molar-refractivity contribution in [2.24, 2.45) is 0 Å². The Bertz CT molecular complexity index is 787. The van der Waals surface area contributed by atoms with Gasteiger partial charge in [0.2, 0.25) is 11.9 Å². The summed E-state index contributed by atoms with van der Waals surface area (Å²) in [4.78, 5) is 25.1. The van der Waals surface area contributed by atoms with E-state index in [4.69, 9.17) is 4.74 Å². The molecule has 9 heteroatoms. The predicted molar refractivity (Wildman–Crippen MR) is 94.7 cm³/mol. The largest absolute Gasteiger partial charge is 0.461 e. The highest BCUT2D eigenvalue weighted by atomic mass is 32.1. The fourth-order valence-corrected chi connectivity index (χ4v) is 3.53. The minimum Gasteiger partial charge on any atom is -0.461 e. The average molecular weight is 382 g/mol. The molecule has 1 aliphatic carbocycles. The van der Waals surface area contributed by atoms with Crippen molar-refractivity contribution in [2.75, 3.05) is 11.9 Å². The number of anilines is 1. The van der Waals surface area contributed by atoms with E-state index in [2.05, 4.69) is 20.3 Å². The Morgan fingerprint density at radius 1 is 1.35 bits per heavy atom. The molecule has 0 radical (unpaired) electrons. The first-order valence-electron chi connectivity index (χ1n) is 8.49. The Labute approximate surface area is 154 Å². The van der Waals surface area contributed by atoms with Crippen LogP contribution in [-0.2, 0) is 4.74 Å². The molecule has 0 amide bonds. The van der Waals surface area contributed by atoms with Crippen molar-refractivity contribution in [1.82, 2.24) is 15.0 Å². The first kappa shape index (κ1) is 18.6. The maximum atomic E-state index is 13.3. The first-order valence-corrected chi connectivity index (χ1v) is 9.37. The van der Waals surface area contributed by atoms with Gasteiger partial charge >= 0.3 is 5.97 Å². The zero-order chi connectivity index (χ0) is 18.7. The standard InChI is InChI=1S/C17H20F2N4O2S/c1-3-25-15(24)13-8-12(14-20-10(2)9-26-14)22-16(23-13)21-11-4-6-17(18,19)7-5-11/h8-9,11H,3-7H2,1-2H3,(H,21,22,23). The molecular weight excluding hydrogens is 362 g/mol. The summed E-state index contributed by atoms with van der Waals surface area (Å²) < 4.78 is 31.7. The second-order valence-electron chi connectivity index (χ2n) is 6.25. The van der Waals surface area contributed by atoms with E-state index in [0.717, 1.165) is 5.69 Å². The minimum absolute atomic E-state index is 0.119. The van der Waals surface area contributed by atoms with E-state index in [9.17, 15) is 13.6 Å². The number of carbonyl (C=O) groups excluding carboxylic acids is 1. The molecule has 0 saturated heterocycles.